The van der Waals surface area contributed by atoms with Gasteiger partial charge in [0.15, 0.2) is 11.2 Å². The van der Waals surface area contributed by atoms with Crippen molar-refractivity contribution in [1.29, 1.82) is 5.26 Å². The summed E-state index contributed by atoms with van der Waals surface area (Å²) in [6.07, 6.45) is 1.61. The lowest BCUT2D eigenvalue weighted by molar-refractivity contribution is 0.0929. The Bertz CT molecular complexity index is 1140. The van der Waals surface area contributed by atoms with Crippen molar-refractivity contribution in [2.45, 2.75) is 5.22 Å². The Morgan fingerprint density at radius 3 is 2.81 bits per heavy atom. The van der Waals surface area contributed by atoms with Crippen molar-refractivity contribution in [2.75, 3.05) is 11.5 Å². The summed E-state index contributed by atoms with van der Waals surface area (Å²) in [4.78, 5) is 20.9. The molecule has 0 saturated heterocycles. The van der Waals surface area contributed by atoms with Gasteiger partial charge in [0.25, 0.3) is 11.1 Å². The molecule has 0 amide bonds. The van der Waals surface area contributed by atoms with Crippen LogP contribution in [0.1, 0.15) is 10.4 Å². The van der Waals surface area contributed by atoms with Crippen LogP contribution in [-0.4, -0.2) is 31.4 Å². The van der Waals surface area contributed by atoms with Gasteiger partial charge in [-0.1, -0.05) is 42.1 Å². The number of hydrogen-bond acceptors (Lipinski definition) is 8. The summed E-state index contributed by atoms with van der Waals surface area (Å²) in [5.41, 5.74) is 8.26. The van der Waals surface area contributed by atoms with E-state index in [0.717, 1.165) is 16.4 Å². The highest BCUT2D eigenvalue weighted by Gasteiger charge is 2.21. The third-order valence-corrected chi connectivity index (χ3v) is 4.59. The molecule has 0 aliphatic carbocycles. The van der Waals surface area contributed by atoms with Gasteiger partial charge in [0.1, 0.15) is 23.1 Å². The van der Waals surface area contributed by atoms with Gasteiger partial charge in [0, 0.05) is 11.8 Å². The maximum atomic E-state index is 12.6. The average Bonchev–Trinajstić information content (AvgIpc) is 3.27. The van der Waals surface area contributed by atoms with Crippen LogP contribution in [-0.2, 0) is 0 Å². The molecule has 0 unspecified atom stereocenters. The fourth-order valence-electron chi connectivity index (χ4n) is 2.53. The third kappa shape index (κ3) is 3.14. The van der Waals surface area contributed by atoms with Crippen LogP contribution in [0.3, 0.4) is 0 Å². The first kappa shape index (κ1) is 16.8. The number of pyridine rings is 1. The minimum Gasteiger partial charge on any atom is -0.430 e. The van der Waals surface area contributed by atoms with Crippen LogP contribution in [0.15, 0.2) is 58.3 Å². The largest absolute Gasteiger partial charge is 0.430 e. The molecule has 0 saturated carbocycles. The molecule has 3 heterocycles. The van der Waals surface area contributed by atoms with Crippen LogP contribution in [0.5, 0.6) is 0 Å². The molecule has 1 aromatic carbocycles. The zero-order valence-electron chi connectivity index (χ0n) is 13.9. The normalized spacial score (nSPS) is 10.8. The number of carbonyl (C=O) groups is 1. The van der Waals surface area contributed by atoms with Gasteiger partial charge < -0.3 is 10.2 Å². The standard InChI is InChI=1S/C18H12N6O2S/c19-9-12-15(11-5-2-1-3-6-11)23-24(16(12)20)14(25)10-27-18-22-17-13(26-18)7-4-8-21-17/h1-8H,10,20H2. The van der Waals surface area contributed by atoms with E-state index in [-0.39, 0.29) is 23.0 Å². The number of fused-ring (bicyclic) bond motifs is 1. The van der Waals surface area contributed by atoms with E-state index in [0.29, 0.717) is 27.7 Å². The minimum atomic E-state index is -0.383. The lowest BCUT2D eigenvalue weighted by Gasteiger charge is -2.00. The predicted molar refractivity (Wildman–Crippen MR) is 99.9 cm³/mol. The molecule has 9 heteroatoms. The number of hydrogen-bond donors (Lipinski definition) is 1. The van der Waals surface area contributed by atoms with E-state index in [1.165, 1.54) is 0 Å². The van der Waals surface area contributed by atoms with Crippen LogP contribution in [0.25, 0.3) is 22.5 Å². The fourth-order valence-corrected chi connectivity index (χ4v) is 3.19. The number of thioether (sulfide) groups is 1. The highest BCUT2D eigenvalue weighted by molar-refractivity contribution is 7.99. The molecule has 0 radical (unpaired) electrons. The number of nitrogens with zero attached hydrogens (tertiary/aromatic N) is 5. The predicted octanol–water partition coefficient (Wildman–Crippen LogP) is 2.97. The lowest BCUT2D eigenvalue weighted by atomic mass is 10.1. The monoisotopic (exact) mass is 376 g/mol. The molecule has 132 valence electrons. The van der Waals surface area contributed by atoms with Crippen LogP contribution < -0.4 is 5.73 Å². The number of oxazole rings is 1. The van der Waals surface area contributed by atoms with Gasteiger partial charge in [-0.3, -0.25) is 4.79 Å². The minimum absolute atomic E-state index is 0.00218. The Balaban J connectivity index is 1.58. The maximum Gasteiger partial charge on any atom is 0.259 e. The molecule has 0 spiro atoms. The van der Waals surface area contributed by atoms with Crippen molar-refractivity contribution in [3.05, 3.63) is 54.2 Å². The van der Waals surface area contributed by atoms with Gasteiger partial charge in [-0.05, 0) is 12.1 Å². The van der Waals surface area contributed by atoms with Gasteiger partial charge in [-0.15, -0.1) is 0 Å². The third-order valence-electron chi connectivity index (χ3n) is 3.78. The molecule has 3 aromatic heterocycles. The zero-order valence-corrected chi connectivity index (χ0v) is 14.7. The highest BCUT2D eigenvalue weighted by atomic mass is 32.2. The van der Waals surface area contributed by atoms with E-state index in [2.05, 4.69) is 15.1 Å². The van der Waals surface area contributed by atoms with Crippen molar-refractivity contribution in [3.8, 4) is 17.3 Å². The van der Waals surface area contributed by atoms with Gasteiger partial charge in [-0.25, -0.2) is 4.98 Å². The van der Waals surface area contributed by atoms with Crippen molar-refractivity contribution in [2.24, 2.45) is 0 Å². The second-order valence-corrected chi connectivity index (χ2v) is 6.41. The molecule has 0 fully saturated rings. The Labute approximate surface area is 157 Å². The molecule has 2 N–H and O–H groups in total. The van der Waals surface area contributed by atoms with Crippen molar-refractivity contribution < 1.29 is 9.21 Å². The number of rotatable bonds is 4. The van der Waals surface area contributed by atoms with Crippen molar-refractivity contribution >= 4 is 34.7 Å². The van der Waals surface area contributed by atoms with E-state index in [1.54, 1.807) is 30.5 Å². The first-order valence-corrected chi connectivity index (χ1v) is 8.87. The zero-order chi connectivity index (χ0) is 18.8. The van der Waals surface area contributed by atoms with Gasteiger partial charge in [0.2, 0.25) is 0 Å². The van der Waals surface area contributed by atoms with E-state index in [9.17, 15) is 10.1 Å². The molecule has 0 atom stereocenters. The first-order chi connectivity index (χ1) is 13.2. The van der Waals surface area contributed by atoms with Crippen molar-refractivity contribution in [3.63, 3.8) is 0 Å². The molecular weight excluding hydrogens is 364 g/mol. The summed E-state index contributed by atoms with van der Waals surface area (Å²) in [7, 11) is 0. The summed E-state index contributed by atoms with van der Waals surface area (Å²) in [6.45, 7) is 0. The molecule has 0 aliphatic rings. The summed E-state index contributed by atoms with van der Waals surface area (Å²) < 4.78 is 6.58. The lowest BCUT2D eigenvalue weighted by Crippen LogP contribution is -2.17. The number of nitriles is 1. The Hall–Kier alpha value is -3.64. The number of benzene rings is 1. The first-order valence-electron chi connectivity index (χ1n) is 7.89. The molecule has 27 heavy (non-hydrogen) atoms. The topological polar surface area (TPSA) is 124 Å². The molecular formula is C18H12N6O2S. The Morgan fingerprint density at radius 1 is 1.26 bits per heavy atom. The molecule has 0 bridgehead atoms. The second kappa shape index (κ2) is 6.93. The summed E-state index contributed by atoms with van der Waals surface area (Å²) in [6, 6.07) is 14.6. The Morgan fingerprint density at radius 2 is 2.07 bits per heavy atom. The number of nitrogens with two attached hydrogens (primary N) is 1. The van der Waals surface area contributed by atoms with E-state index >= 15 is 0 Å². The average molecular weight is 376 g/mol. The number of aromatic nitrogens is 4. The second-order valence-electron chi connectivity index (χ2n) is 5.49. The van der Waals surface area contributed by atoms with Crippen LogP contribution >= 0.6 is 11.8 Å². The highest BCUT2D eigenvalue weighted by Crippen LogP contribution is 2.27. The number of anilines is 1. The maximum absolute atomic E-state index is 12.6. The van der Waals surface area contributed by atoms with Crippen molar-refractivity contribution in [1.82, 2.24) is 19.7 Å². The number of carbonyl (C=O) groups excluding carboxylic acids is 1. The molecule has 4 rings (SSSR count). The summed E-state index contributed by atoms with van der Waals surface area (Å²) in [5, 5.41) is 14.0. The smallest absolute Gasteiger partial charge is 0.259 e. The quantitative estimate of drug-likeness (QED) is 0.539. The van der Waals surface area contributed by atoms with Crippen LogP contribution in [0, 0.1) is 11.3 Å². The summed E-state index contributed by atoms with van der Waals surface area (Å²) in [5.74, 6) is -0.370. The summed E-state index contributed by atoms with van der Waals surface area (Å²) >= 11 is 1.11. The molecule has 0 aliphatic heterocycles. The van der Waals surface area contributed by atoms with E-state index in [1.807, 2.05) is 24.3 Å². The molecule has 8 nitrogen and oxygen atoms in total. The fraction of sp³-hybridized carbons (Fsp3) is 0.0556. The molecule has 4 aromatic rings. The Kier molecular flexibility index (Phi) is 4.32. The van der Waals surface area contributed by atoms with E-state index < -0.39 is 0 Å². The van der Waals surface area contributed by atoms with Crippen LogP contribution in [0.4, 0.5) is 5.82 Å². The SMILES string of the molecule is N#Cc1c(-c2ccccc2)nn(C(=O)CSc2nc3ncccc3o2)c1N. The van der Waals surface area contributed by atoms with Gasteiger partial charge in [-0.2, -0.15) is 20.0 Å². The van der Waals surface area contributed by atoms with Gasteiger partial charge in [0.05, 0.1) is 5.75 Å². The van der Waals surface area contributed by atoms with E-state index in [4.69, 9.17) is 10.2 Å². The number of nitrogen functional groups attached to an aromatic ring is 1. The van der Waals surface area contributed by atoms with Crippen LogP contribution in [0.2, 0.25) is 0 Å². The van der Waals surface area contributed by atoms with Gasteiger partial charge >= 0.3 is 0 Å².